The van der Waals surface area contributed by atoms with Gasteiger partial charge in [-0.25, -0.2) is 9.55 Å². The van der Waals surface area contributed by atoms with Gasteiger partial charge >= 0.3 is 0 Å². The van der Waals surface area contributed by atoms with Crippen LogP contribution in [-0.4, -0.2) is 4.98 Å². The van der Waals surface area contributed by atoms with Crippen molar-refractivity contribution < 1.29 is 4.57 Å². The van der Waals surface area contributed by atoms with E-state index in [-0.39, 0.29) is 0 Å². The number of nitrogens with one attached hydrogen (secondary N) is 1. The molecule has 0 aromatic carbocycles. The molecule has 2 unspecified atom stereocenters. The minimum Gasteiger partial charge on any atom is -0.247 e. The Kier molecular flexibility index (Phi) is 30.1. The zero-order chi connectivity index (χ0) is 31.8. The SMILES string of the molecule is CCCCCCCCCCCCCCC(CCCCCCCCC)c1[nH]cc[n+]1C(C)CCCCCCCCCCCCC. The zero-order valence-corrected chi connectivity index (χ0v) is 31.1. The normalized spacial score (nSPS) is 13.1. The zero-order valence-electron chi connectivity index (χ0n) is 31.1. The van der Waals surface area contributed by atoms with Crippen LogP contribution < -0.4 is 4.57 Å². The highest BCUT2D eigenvalue weighted by Crippen LogP contribution is 2.27. The highest BCUT2D eigenvalue weighted by atomic mass is 15.1. The van der Waals surface area contributed by atoms with E-state index >= 15 is 0 Å². The molecule has 1 heterocycles. The maximum atomic E-state index is 3.75. The molecule has 1 aromatic heterocycles. The number of nitrogens with zero attached hydrogens (tertiary/aromatic N) is 1. The van der Waals surface area contributed by atoms with Crippen molar-refractivity contribution >= 4 is 0 Å². The van der Waals surface area contributed by atoms with Crippen molar-refractivity contribution in [3.05, 3.63) is 18.2 Å². The average molecular weight is 616 g/mol. The number of hydrogen-bond donors (Lipinski definition) is 1. The molecule has 0 aliphatic rings. The molecule has 0 saturated heterocycles. The van der Waals surface area contributed by atoms with Crippen LogP contribution >= 0.6 is 0 Å². The molecule has 2 heteroatoms. The highest BCUT2D eigenvalue weighted by Gasteiger charge is 2.25. The molecule has 0 aliphatic heterocycles. The molecule has 0 amide bonds. The summed E-state index contributed by atoms with van der Waals surface area (Å²) in [6.07, 6.45) is 51.6. The fourth-order valence-electron chi connectivity index (χ4n) is 7.31. The van der Waals surface area contributed by atoms with E-state index in [2.05, 4.69) is 49.6 Å². The number of aromatic amines is 1. The van der Waals surface area contributed by atoms with Crippen molar-refractivity contribution in [1.29, 1.82) is 0 Å². The molecule has 0 saturated carbocycles. The lowest BCUT2D eigenvalue weighted by molar-refractivity contribution is -0.727. The molecule has 0 aliphatic carbocycles. The van der Waals surface area contributed by atoms with Crippen LogP contribution in [0.1, 0.15) is 257 Å². The van der Waals surface area contributed by atoms with Crippen LogP contribution in [0.5, 0.6) is 0 Å². The Balaban J connectivity index is 2.38. The summed E-state index contributed by atoms with van der Waals surface area (Å²) in [6, 6.07) is 0.619. The van der Waals surface area contributed by atoms with E-state index < -0.39 is 0 Å². The molecular formula is C42H83N2+. The van der Waals surface area contributed by atoms with Gasteiger partial charge in [0.15, 0.2) is 0 Å². The van der Waals surface area contributed by atoms with Crippen molar-refractivity contribution in [3.8, 4) is 0 Å². The Hall–Kier alpha value is -0.790. The number of rotatable bonds is 35. The first-order valence-corrected chi connectivity index (χ1v) is 20.8. The molecule has 1 aromatic rings. The third-order valence-corrected chi connectivity index (χ3v) is 10.4. The van der Waals surface area contributed by atoms with Crippen molar-refractivity contribution in [1.82, 2.24) is 4.98 Å². The van der Waals surface area contributed by atoms with Crippen molar-refractivity contribution in [2.45, 2.75) is 252 Å². The van der Waals surface area contributed by atoms with E-state index in [1.54, 1.807) is 0 Å². The number of H-pyrrole nitrogens is 1. The summed E-state index contributed by atoms with van der Waals surface area (Å²) in [6.45, 7) is 9.42. The minimum atomic E-state index is 0.619. The molecule has 0 radical (unpaired) electrons. The largest absolute Gasteiger partial charge is 0.257 e. The van der Waals surface area contributed by atoms with Crippen LogP contribution in [0, 0.1) is 0 Å². The van der Waals surface area contributed by atoms with Gasteiger partial charge in [0.1, 0.15) is 12.4 Å². The van der Waals surface area contributed by atoms with Crippen molar-refractivity contribution in [3.63, 3.8) is 0 Å². The molecule has 0 fully saturated rings. The Morgan fingerprint density at radius 3 is 1.07 bits per heavy atom. The average Bonchev–Trinajstić information content (AvgIpc) is 3.52. The third-order valence-electron chi connectivity index (χ3n) is 10.4. The molecular weight excluding hydrogens is 532 g/mol. The molecule has 2 atom stereocenters. The Morgan fingerprint density at radius 2 is 0.727 bits per heavy atom. The molecule has 260 valence electrons. The first-order valence-electron chi connectivity index (χ1n) is 20.8. The summed E-state index contributed by atoms with van der Waals surface area (Å²) in [4.78, 5) is 3.75. The summed E-state index contributed by atoms with van der Waals surface area (Å²) in [7, 11) is 0. The highest BCUT2D eigenvalue weighted by molar-refractivity contribution is 4.90. The first-order chi connectivity index (χ1) is 21.7. The summed E-state index contributed by atoms with van der Waals surface area (Å²) >= 11 is 0. The third kappa shape index (κ3) is 23.5. The van der Waals surface area contributed by atoms with E-state index in [1.807, 2.05) is 0 Å². The lowest BCUT2D eigenvalue weighted by atomic mass is 9.92. The van der Waals surface area contributed by atoms with Crippen LogP contribution in [0.2, 0.25) is 0 Å². The summed E-state index contributed by atoms with van der Waals surface area (Å²) < 4.78 is 2.64. The van der Waals surface area contributed by atoms with Gasteiger partial charge in [0.25, 0.3) is 5.82 Å². The Bertz CT molecular complexity index is 679. The second-order valence-corrected chi connectivity index (χ2v) is 14.7. The second kappa shape index (κ2) is 32.2. The monoisotopic (exact) mass is 616 g/mol. The van der Waals surface area contributed by atoms with Gasteiger partial charge in [-0.05, 0) is 32.6 Å². The van der Waals surface area contributed by atoms with E-state index in [0.29, 0.717) is 12.0 Å². The molecule has 0 bridgehead atoms. The lowest BCUT2D eigenvalue weighted by Gasteiger charge is -2.17. The fraction of sp³-hybridized carbons (Fsp3) is 0.929. The van der Waals surface area contributed by atoms with E-state index in [9.17, 15) is 0 Å². The van der Waals surface area contributed by atoms with Crippen LogP contribution in [0.4, 0.5) is 0 Å². The standard InChI is InChI=1S/C42H82N2/c1-5-8-11-14-17-19-21-23-25-28-31-34-37-41(36-33-30-26-16-13-10-7-3)42-43-38-39-44(42)40(4)35-32-29-27-24-22-20-18-15-12-9-6-2/h38-41H,5-37H2,1-4H3/p+1. The fourth-order valence-corrected chi connectivity index (χ4v) is 7.31. The predicted octanol–water partition coefficient (Wildman–Crippen LogP) is 14.9. The number of aromatic nitrogens is 2. The van der Waals surface area contributed by atoms with Gasteiger partial charge in [-0.2, -0.15) is 0 Å². The maximum absolute atomic E-state index is 3.75. The topological polar surface area (TPSA) is 19.7 Å². The Morgan fingerprint density at radius 1 is 0.432 bits per heavy atom. The van der Waals surface area contributed by atoms with Crippen molar-refractivity contribution in [2.24, 2.45) is 0 Å². The van der Waals surface area contributed by atoms with Gasteiger partial charge in [0.05, 0.1) is 12.0 Å². The van der Waals surface area contributed by atoms with E-state index in [4.69, 9.17) is 0 Å². The van der Waals surface area contributed by atoms with Gasteiger partial charge in [-0.3, -0.25) is 0 Å². The molecule has 0 spiro atoms. The smallest absolute Gasteiger partial charge is 0.247 e. The van der Waals surface area contributed by atoms with Crippen LogP contribution in [-0.2, 0) is 0 Å². The first kappa shape index (κ1) is 41.2. The van der Waals surface area contributed by atoms with Gasteiger partial charge in [-0.15, -0.1) is 0 Å². The Labute approximate surface area is 278 Å². The van der Waals surface area contributed by atoms with Gasteiger partial charge in [-0.1, -0.05) is 207 Å². The maximum Gasteiger partial charge on any atom is 0.257 e. The van der Waals surface area contributed by atoms with Crippen LogP contribution in [0.15, 0.2) is 12.4 Å². The minimum absolute atomic E-state index is 0.619. The van der Waals surface area contributed by atoms with Crippen LogP contribution in [0.25, 0.3) is 0 Å². The summed E-state index contributed by atoms with van der Waals surface area (Å²) in [5.74, 6) is 2.25. The predicted molar refractivity (Wildman–Crippen MR) is 198 cm³/mol. The number of hydrogen-bond acceptors (Lipinski definition) is 0. The molecule has 44 heavy (non-hydrogen) atoms. The molecule has 1 N–H and O–H groups in total. The molecule has 1 rings (SSSR count). The van der Waals surface area contributed by atoms with E-state index in [1.165, 1.54) is 218 Å². The lowest BCUT2D eigenvalue weighted by Crippen LogP contribution is -2.41. The quantitative estimate of drug-likeness (QED) is 0.0579. The number of unbranched alkanes of at least 4 members (excludes halogenated alkanes) is 27. The van der Waals surface area contributed by atoms with E-state index in [0.717, 1.165) is 0 Å². The van der Waals surface area contributed by atoms with Crippen LogP contribution in [0.3, 0.4) is 0 Å². The second-order valence-electron chi connectivity index (χ2n) is 14.7. The van der Waals surface area contributed by atoms with Gasteiger partial charge in [0, 0.05) is 0 Å². The summed E-state index contributed by atoms with van der Waals surface area (Å²) in [5, 5.41) is 0. The number of imidazole rings is 1. The van der Waals surface area contributed by atoms with Gasteiger partial charge < -0.3 is 0 Å². The van der Waals surface area contributed by atoms with Crippen molar-refractivity contribution in [2.75, 3.05) is 0 Å². The summed E-state index contributed by atoms with van der Waals surface area (Å²) in [5.41, 5.74) is 0. The molecule has 2 nitrogen and oxygen atoms in total. The van der Waals surface area contributed by atoms with Gasteiger partial charge in [0.2, 0.25) is 0 Å².